The van der Waals surface area contributed by atoms with Gasteiger partial charge in [0.25, 0.3) is 0 Å². The number of rotatable bonds is 7. The van der Waals surface area contributed by atoms with Crippen LogP contribution in [0.2, 0.25) is 0 Å². The van der Waals surface area contributed by atoms with Crippen molar-refractivity contribution in [1.82, 2.24) is 15.1 Å². The summed E-state index contributed by atoms with van der Waals surface area (Å²) in [6.45, 7) is 0. The lowest BCUT2D eigenvalue weighted by atomic mass is 10.1. The highest BCUT2D eigenvalue weighted by Gasteiger charge is 2.08. The second-order valence-corrected chi connectivity index (χ2v) is 5.76. The van der Waals surface area contributed by atoms with Crippen molar-refractivity contribution in [2.75, 3.05) is 12.8 Å². The van der Waals surface area contributed by atoms with Crippen molar-refractivity contribution in [2.45, 2.75) is 23.8 Å². The van der Waals surface area contributed by atoms with Crippen LogP contribution in [0.3, 0.4) is 0 Å². The van der Waals surface area contributed by atoms with Crippen LogP contribution in [-0.2, 0) is 13.5 Å². The van der Waals surface area contributed by atoms with Crippen molar-refractivity contribution in [3.05, 3.63) is 48.3 Å². The fourth-order valence-corrected chi connectivity index (χ4v) is 3.04. The first-order chi connectivity index (χ1) is 9.28. The molecule has 1 aromatic carbocycles. The van der Waals surface area contributed by atoms with Crippen LogP contribution >= 0.6 is 11.8 Å². The van der Waals surface area contributed by atoms with Crippen LogP contribution in [0.25, 0.3) is 0 Å². The molecule has 2 aromatic rings. The molecule has 1 N–H and O–H groups in total. The quantitative estimate of drug-likeness (QED) is 0.788. The van der Waals surface area contributed by atoms with Gasteiger partial charge in [-0.2, -0.15) is 5.10 Å². The molecule has 0 saturated heterocycles. The van der Waals surface area contributed by atoms with Gasteiger partial charge in [0, 0.05) is 29.9 Å². The van der Waals surface area contributed by atoms with Gasteiger partial charge in [-0.05, 0) is 37.6 Å². The van der Waals surface area contributed by atoms with Gasteiger partial charge < -0.3 is 5.32 Å². The van der Waals surface area contributed by atoms with Crippen LogP contribution in [0.15, 0.2) is 47.6 Å². The summed E-state index contributed by atoms with van der Waals surface area (Å²) in [5.41, 5.74) is 1.31. The zero-order chi connectivity index (χ0) is 13.5. The molecule has 0 spiro atoms. The Kier molecular flexibility index (Phi) is 5.48. The summed E-state index contributed by atoms with van der Waals surface area (Å²) >= 11 is 1.91. The van der Waals surface area contributed by atoms with Crippen molar-refractivity contribution in [3.63, 3.8) is 0 Å². The van der Waals surface area contributed by atoms with Crippen molar-refractivity contribution >= 4 is 11.8 Å². The maximum absolute atomic E-state index is 4.21. The molecule has 102 valence electrons. The fourth-order valence-electron chi connectivity index (χ4n) is 1.97. The summed E-state index contributed by atoms with van der Waals surface area (Å²) in [5.74, 6) is 1.10. The lowest BCUT2D eigenvalue weighted by Gasteiger charge is -2.15. The Morgan fingerprint density at radius 1 is 1.32 bits per heavy atom. The van der Waals surface area contributed by atoms with Gasteiger partial charge in [0.05, 0.1) is 6.20 Å². The zero-order valence-electron chi connectivity index (χ0n) is 11.5. The van der Waals surface area contributed by atoms with Crippen LogP contribution in [0, 0.1) is 0 Å². The molecule has 0 radical (unpaired) electrons. The van der Waals surface area contributed by atoms with E-state index < -0.39 is 0 Å². The van der Waals surface area contributed by atoms with E-state index in [2.05, 4.69) is 46.9 Å². The molecule has 1 aromatic heterocycles. The molecule has 0 aliphatic carbocycles. The Bertz CT molecular complexity index is 481. The van der Waals surface area contributed by atoms with E-state index in [4.69, 9.17) is 0 Å². The molecule has 19 heavy (non-hydrogen) atoms. The minimum atomic E-state index is 0.533. The van der Waals surface area contributed by atoms with E-state index in [1.165, 1.54) is 10.5 Å². The second-order valence-electron chi connectivity index (χ2n) is 4.67. The molecule has 3 nitrogen and oxygen atoms in total. The fraction of sp³-hybridized carbons (Fsp3) is 0.400. The minimum absolute atomic E-state index is 0.533. The number of aryl methyl sites for hydroxylation is 2. The topological polar surface area (TPSA) is 29.9 Å². The van der Waals surface area contributed by atoms with Gasteiger partial charge >= 0.3 is 0 Å². The summed E-state index contributed by atoms with van der Waals surface area (Å²) in [6.07, 6.45) is 6.27. The standard InChI is InChI=1S/C15H21N3S/c1-16-14(9-8-13-10-17-18(2)11-13)12-19-15-6-4-3-5-7-15/h3-7,10-11,14,16H,8-9,12H2,1-2H3. The van der Waals surface area contributed by atoms with Crippen LogP contribution in [0.1, 0.15) is 12.0 Å². The first-order valence-electron chi connectivity index (χ1n) is 6.60. The van der Waals surface area contributed by atoms with E-state index >= 15 is 0 Å². The van der Waals surface area contributed by atoms with Gasteiger partial charge in [-0.3, -0.25) is 4.68 Å². The van der Waals surface area contributed by atoms with Crippen molar-refractivity contribution in [1.29, 1.82) is 0 Å². The van der Waals surface area contributed by atoms with E-state index in [1.807, 2.05) is 36.7 Å². The number of benzene rings is 1. The summed E-state index contributed by atoms with van der Waals surface area (Å²) in [6, 6.07) is 11.1. The average Bonchev–Trinajstić information content (AvgIpc) is 2.86. The first kappa shape index (κ1) is 14.2. The smallest absolute Gasteiger partial charge is 0.0521 e. The van der Waals surface area contributed by atoms with Crippen molar-refractivity contribution in [3.8, 4) is 0 Å². The molecule has 0 saturated carbocycles. The number of hydrogen-bond donors (Lipinski definition) is 1. The van der Waals surface area contributed by atoms with Crippen molar-refractivity contribution < 1.29 is 0 Å². The second kappa shape index (κ2) is 7.36. The predicted molar refractivity (Wildman–Crippen MR) is 81.5 cm³/mol. The Morgan fingerprint density at radius 2 is 2.11 bits per heavy atom. The largest absolute Gasteiger partial charge is 0.316 e. The predicted octanol–water partition coefficient (Wildman–Crippen LogP) is 2.73. The lowest BCUT2D eigenvalue weighted by Crippen LogP contribution is -2.28. The highest BCUT2D eigenvalue weighted by molar-refractivity contribution is 7.99. The molecule has 2 rings (SSSR count). The van der Waals surface area contributed by atoms with Gasteiger partial charge in [-0.25, -0.2) is 0 Å². The molecule has 0 amide bonds. The third kappa shape index (κ3) is 4.73. The van der Waals surface area contributed by atoms with E-state index in [-0.39, 0.29) is 0 Å². The number of nitrogens with one attached hydrogen (secondary N) is 1. The number of thioether (sulfide) groups is 1. The SMILES string of the molecule is CNC(CCc1cnn(C)c1)CSc1ccccc1. The Balaban J connectivity index is 1.77. The molecule has 0 aliphatic rings. The first-order valence-corrected chi connectivity index (χ1v) is 7.59. The third-order valence-electron chi connectivity index (χ3n) is 3.14. The van der Waals surface area contributed by atoms with Crippen LogP contribution in [0.5, 0.6) is 0 Å². The maximum Gasteiger partial charge on any atom is 0.0521 e. The molecule has 1 unspecified atom stereocenters. The van der Waals surface area contributed by atoms with E-state index in [1.54, 1.807) is 0 Å². The summed E-state index contributed by atoms with van der Waals surface area (Å²) in [4.78, 5) is 1.34. The molecular weight excluding hydrogens is 254 g/mol. The van der Waals surface area contributed by atoms with Crippen LogP contribution < -0.4 is 5.32 Å². The third-order valence-corrected chi connectivity index (χ3v) is 4.32. The number of aromatic nitrogens is 2. The zero-order valence-corrected chi connectivity index (χ0v) is 12.4. The lowest BCUT2D eigenvalue weighted by molar-refractivity contribution is 0.572. The molecule has 0 fully saturated rings. The van der Waals surface area contributed by atoms with Crippen LogP contribution in [0.4, 0.5) is 0 Å². The Labute approximate surface area is 119 Å². The Hall–Kier alpha value is -1.26. The molecule has 0 aliphatic heterocycles. The molecule has 1 atom stereocenters. The van der Waals surface area contributed by atoms with Gasteiger partial charge in [0.2, 0.25) is 0 Å². The molecular formula is C15H21N3S. The van der Waals surface area contributed by atoms with Gasteiger partial charge in [0.15, 0.2) is 0 Å². The summed E-state index contributed by atoms with van der Waals surface area (Å²) in [7, 11) is 4.00. The summed E-state index contributed by atoms with van der Waals surface area (Å²) < 4.78 is 1.86. The Morgan fingerprint density at radius 3 is 2.74 bits per heavy atom. The summed E-state index contributed by atoms with van der Waals surface area (Å²) in [5, 5.41) is 7.61. The van der Waals surface area contributed by atoms with E-state index in [0.717, 1.165) is 18.6 Å². The highest BCUT2D eigenvalue weighted by Crippen LogP contribution is 2.19. The minimum Gasteiger partial charge on any atom is -0.316 e. The maximum atomic E-state index is 4.21. The molecule has 0 bridgehead atoms. The van der Waals surface area contributed by atoms with E-state index in [9.17, 15) is 0 Å². The number of hydrogen-bond acceptors (Lipinski definition) is 3. The average molecular weight is 275 g/mol. The van der Waals surface area contributed by atoms with E-state index in [0.29, 0.717) is 6.04 Å². The normalized spacial score (nSPS) is 12.5. The van der Waals surface area contributed by atoms with Gasteiger partial charge in [-0.1, -0.05) is 18.2 Å². The van der Waals surface area contributed by atoms with Crippen molar-refractivity contribution in [2.24, 2.45) is 7.05 Å². The monoisotopic (exact) mass is 275 g/mol. The highest BCUT2D eigenvalue weighted by atomic mass is 32.2. The molecule has 1 heterocycles. The molecule has 4 heteroatoms. The number of nitrogens with zero attached hydrogens (tertiary/aromatic N) is 2. The van der Waals surface area contributed by atoms with Gasteiger partial charge in [0.1, 0.15) is 0 Å². The van der Waals surface area contributed by atoms with Gasteiger partial charge in [-0.15, -0.1) is 11.8 Å². The van der Waals surface area contributed by atoms with Crippen LogP contribution in [-0.4, -0.2) is 28.6 Å².